The van der Waals surface area contributed by atoms with Crippen molar-refractivity contribution in [1.29, 1.82) is 0 Å². The zero-order valence-electron chi connectivity index (χ0n) is 15.4. The standard InChI is InChI=1S/C21H24N4O2/c26-20(24-14-12-23(13-15-24)19-9-3-4-10-22-19)16-21(27)25-11-5-7-17-6-1-2-8-18(17)25/h1-4,6,8-10H,5,7,11-16H2. The lowest BCUT2D eigenvalue weighted by Gasteiger charge is -2.36. The van der Waals surface area contributed by atoms with E-state index < -0.39 is 0 Å². The van der Waals surface area contributed by atoms with E-state index >= 15 is 0 Å². The highest BCUT2D eigenvalue weighted by Crippen LogP contribution is 2.27. The Morgan fingerprint density at radius 3 is 2.44 bits per heavy atom. The monoisotopic (exact) mass is 364 g/mol. The second-order valence-electron chi connectivity index (χ2n) is 7.01. The van der Waals surface area contributed by atoms with Crippen LogP contribution < -0.4 is 9.80 Å². The summed E-state index contributed by atoms with van der Waals surface area (Å²) in [6, 6.07) is 13.8. The van der Waals surface area contributed by atoms with Gasteiger partial charge in [-0.3, -0.25) is 9.59 Å². The van der Waals surface area contributed by atoms with E-state index in [9.17, 15) is 9.59 Å². The van der Waals surface area contributed by atoms with Crippen LogP contribution in [0.15, 0.2) is 48.7 Å². The quantitative estimate of drug-likeness (QED) is 0.783. The number of piperazine rings is 1. The first kappa shape index (κ1) is 17.5. The van der Waals surface area contributed by atoms with Crippen LogP contribution >= 0.6 is 0 Å². The minimum atomic E-state index is -0.0979. The SMILES string of the molecule is O=C(CC(=O)N1CCCc2ccccc21)N1CCN(c2ccccn2)CC1. The van der Waals surface area contributed by atoms with Crippen molar-refractivity contribution >= 4 is 23.3 Å². The van der Waals surface area contributed by atoms with Gasteiger partial charge in [0, 0.05) is 44.6 Å². The lowest BCUT2D eigenvalue weighted by atomic mass is 10.0. The highest BCUT2D eigenvalue weighted by molar-refractivity contribution is 6.05. The van der Waals surface area contributed by atoms with E-state index in [2.05, 4.69) is 16.0 Å². The van der Waals surface area contributed by atoms with Crippen molar-refractivity contribution in [3.05, 3.63) is 54.2 Å². The zero-order valence-corrected chi connectivity index (χ0v) is 15.4. The summed E-state index contributed by atoms with van der Waals surface area (Å²) >= 11 is 0. The van der Waals surface area contributed by atoms with Gasteiger partial charge in [-0.05, 0) is 36.6 Å². The number of pyridine rings is 1. The molecular formula is C21H24N4O2. The lowest BCUT2D eigenvalue weighted by molar-refractivity contribution is -0.135. The smallest absolute Gasteiger partial charge is 0.236 e. The summed E-state index contributed by atoms with van der Waals surface area (Å²) in [6.07, 6.45) is 3.66. The van der Waals surface area contributed by atoms with Crippen molar-refractivity contribution in [2.45, 2.75) is 19.3 Å². The summed E-state index contributed by atoms with van der Waals surface area (Å²) in [5.74, 6) is 0.758. The Balaban J connectivity index is 1.34. The van der Waals surface area contributed by atoms with Crippen molar-refractivity contribution < 1.29 is 9.59 Å². The number of carbonyl (C=O) groups excluding carboxylic acids is 2. The number of hydrogen-bond donors (Lipinski definition) is 0. The number of aromatic nitrogens is 1. The van der Waals surface area contributed by atoms with Crippen LogP contribution in [0, 0.1) is 0 Å². The van der Waals surface area contributed by atoms with Crippen molar-refractivity contribution in [2.24, 2.45) is 0 Å². The topological polar surface area (TPSA) is 56.8 Å². The van der Waals surface area contributed by atoms with E-state index in [4.69, 9.17) is 0 Å². The van der Waals surface area contributed by atoms with Gasteiger partial charge in [-0.25, -0.2) is 4.98 Å². The molecule has 6 heteroatoms. The lowest BCUT2D eigenvalue weighted by Crippen LogP contribution is -2.50. The van der Waals surface area contributed by atoms with Gasteiger partial charge in [0.15, 0.2) is 0 Å². The molecule has 0 radical (unpaired) electrons. The molecule has 0 saturated carbocycles. The van der Waals surface area contributed by atoms with E-state index in [0.717, 1.165) is 37.4 Å². The highest BCUT2D eigenvalue weighted by Gasteiger charge is 2.27. The fourth-order valence-electron chi connectivity index (χ4n) is 3.86. The molecule has 0 bridgehead atoms. The largest absolute Gasteiger partial charge is 0.353 e. The van der Waals surface area contributed by atoms with Crippen LogP contribution in [0.5, 0.6) is 0 Å². The first-order valence-corrected chi connectivity index (χ1v) is 9.54. The molecular weight excluding hydrogens is 340 g/mol. The van der Waals surface area contributed by atoms with Gasteiger partial charge in [0.2, 0.25) is 11.8 Å². The first-order chi connectivity index (χ1) is 13.2. The molecule has 1 saturated heterocycles. The summed E-state index contributed by atoms with van der Waals surface area (Å²) in [5.41, 5.74) is 2.15. The Morgan fingerprint density at radius 2 is 1.67 bits per heavy atom. The second kappa shape index (κ2) is 7.78. The Kier molecular flexibility index (Phi) is 5.05. The molecule has 2 amide bonds. The van der Waals surface area contributed by atoms with Crippen LogP contribution in [-0.4, -0.2) is 54.4 Å². The van der Waals surface area contributed by atoms with Crippen LogP contribution in [0.1, 0.15) is 18.4 Å². The molecule has 1 aromatic carbocycles. The minimum absolute atomic E-state index is 0.0576. The van der Waals surface area contributed by atoms with Gasteiger partial charge < -0.3 is 14.7 Å². The molecule has 0 aliphatic carbocycles. The molecule has 0 atom stereocenters. The third-order valence-electron chi connectivity index (χ3n) is 5.32. The first-order valence-electron chi connectivity index (χ1n) is 9.54. The Morgan fingerprint density at radius 1 is 0.889 bits per heavy atom. The maximum atomic E-state index is 12.8. The molecule has 2 aromatic rings. The maximum absolute atomic E-state index is 12.8. The summed E-state index contributed by atoms with van der Waals surface area (Å²) in [5, 5.41) is 0. The Hall–Kier alpha value is -2.89. The van der Waals surface area contributed by atoms with E-state index in [-0.39, 0.29) is 18.2 Å². The predicted molar refractivity (Wildman–Crippen MR) is 105 cm³/mol. The van der Waals surface area contributed by atoms with Gasteiger partial charge in [0.25, 0.3) is 0 Å². The molecule has 2 aliphatic heterocycles. The molecule has 140 valence electrons. The molecule has 1 aromatic heterocycles. The second-order valence-corrected chi connectivity index (χ2v) is 7.01. The average molecular weight is 364 g/mol. The number of amides is 2. The molecule has 27 heavy (non-hydrogen) atoms. The molecule has 0 N–H and O–H groups in total. The normalized spacial score (nSPS) is 16.8. The van der Waals surface area contributed by atoms with Crippen LogP contribution in [0.4, 0.5) is 11.5 Å². The number of fused-ring (bicyclic) bond motifs is 1. The third-order valence-corrected chi connectivity index (χ3v) is 5.32. The molecule has 0 unspecified atom stereocenters. The van der Waals surface area contributed by atoms with Crippen LogP contribution in [0.2, 0.25) is 0 Å². The minimum Gasteiger partial charge on any atom is -0.353 e. The Bertz CT molecular complexity index is 816. The van der Waals surface area contributed by atoms with Gasteiger partial charge in [0.1, 0.15) is 12.2 Å². The van der Waals surface area contributed by atoms with Gasteiger partial charge in [-0.15, -0.1) is 0 Å². The van der Waals surface area contributed by atoms with Crippen molar-refractivity contribution in [3.63, 3.8) is 0 Å². The number of nitrogens with zero attached hydrogens (tertiary/aromatic N) is 4. The van der Waals surface area contributed by atoms with Gasteiger partial charge >= 0.3 is 0 Å². The van der Waals surface area contributed by atoms with E-state index in [1.165, 1.54) is 5.56 Å². The summed E-state index contributed by atoms with van der Waals surface area (Å²) < 4.78 is 0. The highest BCUT2D eigenvalue weighted by atomic mass is 16.2. The Labute approximate surface area is 159 Å². The van der Waals surface area contributed by atoms with Gasteiger partial charge in [-0.1, -0.05) is 24.3 Å². The predicted octanol–water partition coefficient (Wildman–Crippen LogP) is 2.10. The molecule has 3 heterocycles. The van der Waals surface area contributed by atoms with Gasteiger partial charge in [-0.2, -0.15) is 0 Å². The van der Waals surface area contributed by atoms with Crippen LogP contribution in [-0.2, 0) is 16.0 Å². The number of hydrogen-bond acceptors (Lipinski definition) is 4. The van der Waals surface area contributed by atoms with Crippen molar-refractivity contribution in [1.82, 2.24) is 9.88 Å². The maximum Gasteiger partial charge on any atom is 0.236 e. The molecule has 1 fully saturated rings. The van der Waals surface area contributed by atoms with Crippen molar-refractivity contribution in [3.8, 4) is 0 Å². The number of aryl methyl sites for hydroxylation is 1. The fourth-order valence-corrected chi connectivity index (χ4v) is 3.86. The van der Waals surface area contributed by atoms with Crippen LogP contribution in [0.25, 0.3) is 0 Å². The van der Waals surface area contributed by atoms with E-state index in [1.807, 2.05) is 36.4 Å². The molecule has 6 nitrogen and oxygen atoms in total. The van der Waals surface area contributed by atoms with E-state index in [1.54, 1.807) is 16.0 Å². The van der Waals surface area contributed by atoms with Crippen LogP contribution in [0.3, 0.4) is 0 Å². The molecule has 2 aliphatic rings. The molecule has 4 rings (SSSR count). The number of carbonyl (C=O) groups is 2. The summed E-state index contributed by atoms with van der Waals surface area (Å²) in [6.45, 7) is 3.42. The summed E-state index contributed by atoms with van der Waals surface area (Å²) in [4.78, 5) is 35.5. The number of para-hydroxylation sites is 1. The summed E-state index contributed by atoms with van der Waals surface area (Å²) in [7, 11) is 0. The fraction of sp³-hybridized carbons (Fsp3) is 0.381. The molecule has 0 spiro atoms. The zero-order chi connectivity index (χ0) is 18.6. The van der Waals surface area contributed by atoms with Gasteiger partial charge in [0.05, 0.1) is 0 Å². The van der Waals surface area contributed by atoms with E-state index in [0.29, 0.717) is 19.6 Å². The van der Waals surface area contributed by atoms with Crippen molar-refractivity contribution in [2.75, 3.05) is 42.5 Å². The number of rotatable bonds is 3. The third kappa shape index (κ3) is 3.79. The average Bonchev–Trinajstić information content (AvgIpc) is 2.74. The number of anilines is 2. The number of benzene rings is 1.